The zero-order chi connectivity index (χ0) is 15.4. The highest BCUT2D eigenvalue weighted by Gasteiger charge is 2.08. The van der Waals surface area contributed by atoms with Crippen LogP contribution in [0, 0.1) is 6.92 Å². The van der Waals surface area contributed by atoms with E-state index < -0.39 is 0 Å². The number of hydrogen-bond donors (Lipinski definition) is 2. The van der Waals surface area contributed by atoms with Gasteiger partial charge in [-0.2, -0.15) is 0 Å². The lowest BCUT2D eigenvalue weighted by molar-refractivity contribution is -0.114. The molecule has 0 saturated heterocycles. The lowest BCUT2D eigenvalue weighted by Crippen LogP contribution is -2.10. The highest BCUT2D eigenvalue weighted by Crippen LogP contribution is 2.25. The zero-order valence-electron chi connectivity index (χ0n) is 12.4. The molecule has 2 N–H and O–H groups in total. The molecule has 2 aromatic rings. The summed E-state index contributed by atoms with van der Waals surface area (Å²) in [6, 6.07) is 13.7. The molecule has 3 nitrogen and oxygen atoms in total. The Morgan fingerprint density at radius 2 is 1.95 bits per heavy atom. The number of nitrogens with one attached hydrogen (secondary N) is 2. The zero-order valence-corrected chi connectivity index (χ0v) is 13.2. The van der Waals surface area contributed by atoms with Crippen LogP contribution in [-0.4, -0.2) is 5.91 Å². The van der Waals surface area contributed by atoms with Gasteiger partial charge in [0.15, 0.2) is 0 Å². The fourth-order valence-electron chi connectivity index (χ4n) is 2.19. The minimum atomic E-state index is -0.0682. The molecule has 0 aromatic heterocycles. The monoisotopic (exact) mass is 302 g/mol. The molecule has 4 heteroatoms. The van der Waals surface area contributed by atoms with Crippen LogP contribution in [0.1, 0.15) is 31.0 Å². The number of halogens is 1. The molecule has 2 aromatic carbocycles. The third-order valence-electron chi connectivity index (χ3n) is 3.27. The third kappa shape index (κ3) is 4.23. The lowest BCUT2D eigenvalue weighted by Gasteiger charge is -2.18. The van der Waals surface area contributed by atoms with Gasteiger partial charge in [0.25, 0.3) is 0 Å². The summed E-state index contributed by atoms with van der Waals surface area (Å²) in [6.45, 7) is 5.61. The number of carbonyl (C=O) groups is 1. The van der Waals surface area contributed by atoms with Gasteiger partial charge in [0.1, 0.15) is 0 Å². The molecule has 0 bridgehead atoms. The van der Waals surface area contributed by atoms with E-state index in [9.17, 15) is 4.79 Å². The molecule has 0 aliphatic carbocycles. The summed E-state index contributed by atoms with van der Waals surface area (Å²) in [7, 11) is 0. The predicted molar refractivity (Wildman–Crippen MR) is 89.0 cm³/mol. The smallest absolute Gasteiger partial charge is 0.221 e. The van der Waals surface area contributed by atoms with Crippen LogP contribution in [0.15, 0.2) is 42.5 Å². The number of amides is 1. The Kier molecular flexibility index (Phi) is 4.86. The summed E-state index contributed by atoms with van der Waals surface area (Å²) in [5, 5.41) is 7.00. The van der Waals surface area contributed by atoms with Crippen molar-refractivity contribution in [1.82, 2.24) is 0 Å². The maximum atomic E-state index is 11.1. The number of benzene rings is 2. The second-order valence-corrected chi connectivity index (χ2v) is 5.57. The second kappa shape index (κ2) is 6.64. The van der Waals surface area contributed by atoms with Crippen molar-refractivity contribution in [3.8, 4) is 0 Å². The first kappa shape index (κ1) is 15.4. The maximum absolute atomic E-state index is 11.1. The fraction of sp³-hybridized carbons (Fsp3) is 0.235. The van der Waals surface area contributed by atoms with Crippen LogP contribution in [-0.2, 0) is 4.79 Å². The van der Waals surface area contributed by atoms with Crippen molar-refractivity contribution < 1.29 is 4.79 Å². The molecule has 0 aliphatic rings. The van der Waals surface area contributed by atoms with Gasteiger partial charge >= 0.3 is 0 Å². The summed E-state index contributed by atoms with van der Waals surface area (Å²) in [6.07, 6.45) is 0. The molecule has 0 saturated carbocycles. The SMILES string of the molecule is CC(=O)Nc1cccc(C(C)Nc2ccc(Cl)cc2C)c1. The number of anilines is 2. The van der Waals surface area contributed by atoms with Gasteiger partial charge in [0.05, 0.1) is 0 Å². The van der Waals surface area contributed by atoms with Crippen LogP contribution >= 0.6 is 11.6 Å². The van der Waals surface area contributed by atoms with Crippen molar-refractivity contribution in [3.05, 3.63) is 58.6 Å². The highest BCUT2D eigenvalue weighted by atomic mass is 35.5. The molecular weight excluding hydrogens is 284 g/mol. The molecule has 2 rings (SSSR count). The number of hydrogen-bond acceptors (Lipinski definition) is 2. The predicted octanol–water partition coefficient (Wildman–Crippen LogP) is 4.78. The maximum Gasteiger partial charge on any atom is 0.221 e. The summed E-state index contributed by atoms with van der Waals surface area (Å²) in [4.78, 5) is 11.1. The molecule has 1 unspecified atom stereocenters. The Hall–Kier alpha value is -2.00. The van der Waals surface area contributed by atoms with Gasteiger partial charge in [-0.1, -0.05) is 23.7 Å². The second-order valence-electron chi connectivity index (χ2n) is 5.13. The van der Waals surface area contributed by atoms with Crippen LogP contribution in [0.2, 0.25) is 5.02 Å². The molecule has 1 amide bonds. The van der Waals surface area contributed by atoms with Gasteiger partial charge in [-0.25, -0.2) is 0 Å². The average molecular weight is 303 g/mol. The van der Waals surface area contributed by atoms with Gasteiger partial charge in [0.2, 0.25) is 5.91 Å². The topological polar surface area (TPSA) is 41.1 Å². The lowest BCUT2D eigenvalue weighted by atomic mass is 10.1. The largest absolute Gasteiger partial charge is 0.378 e. The van der Waals surface area contributed by atoms with Gasteiger partial charge in [0, 0.05) is 29.4 Å². The van der Waals surface area contributed by atoms with Crippen molar-refractivity contribution in [2.45, 2.75) is 26.8 Å². The van der Waals surface area contributed by atoms with E-state index >= 15 is 0 Å². The minimum Gasteiger partial charge on any atom is -0.378 e. The van der Waals surface area contributed by atoms with E-state index in [0.717, 1.165) is 27.5 Å². The standard InChI is InChI=1S/C17H19ClN2O/c1-11-9-15(18)7-8-17(11)19-12(2)14-5-4-6-16(10-14)20-13(3)21/h4-10,12,19H,1-3H3,(H,20,21). The number of carbonyl (C=O) groups excluding carboxylic acids is 1. The van der Waals surface area contributed by atoms with Crippen LogP contribution in [0.25, 0.3) is 0 Å². The van der Waals surface area contributed by atoms with E-state index in [4.69, 9.17) is 11.6 Å². The van der Waals surface area contributed by atoms with E-state index in [1.807, 2.05) is 49.4 Å². The average Bonchev–Trinajstić information content (AvgIpc) is 2.41. The van der Waals surface area contributed by atoms with E-state index in [0.29, 0.717) is 0 Å². The molecule has 0 heterocycles. The molecule has 0 radical (unpaired) electrons. The van der Waals surface area contributed by atoms with Crippen LogP contribution < -0.4 is 10.6 Å². The van der Waals surface area contributed by atoms with Crippen LogP contribution in [0.4, 0.5) is 11.4 Å². The minimum absolute atomic E-state index is 0.0682. The van der Waals surface area contributed by atoms with Gasteiger partial charge < -0.3 is 10.6 Å². The van der Waals surface area contributed by atoms with Crippen LogP contribution in [0.5, 0.6) is 0 Å². The van der Waals surface area contributed by atoms with E-state index in [1.165, 1.54) is 6.92 Å². The van der Waals surface area contributed by atoms with Crippen molar-refractivity contribution >= 4 is 28.9 Å². The van der Waals surface area contributed by atoms with Gasteiger partial charge in [-0.05, 0) is 55.3 Å². The van der Waals surface area contributed by atoms with Gasteiger partial charge in [-0.3, -0.25) is 4.79 Å². The first-order chi connectivity index (χ1) is 9.95. The number of aryl methyl sites for hydroxylation is 1. The number of rotatable bonds is 4. The Balaban J connectivity index is 2.16. The first-order valence-electron chi connectivity index (χ1n) is 6.86. The molecule has 0 fully saturated rings. The normalized spacial score (nSPS) is 11.8. The first-order valence-corrected chi connectivity index (χ1v) is 7.24. The Morgan fingerprint density at radius 1 is 1.19 bits per heavy atom. The third-order valence-corrected chi connectivity index (χ3v) is 3.50. The van der Waals surface area contributed by atoms with Crippen LogP contribution in [0.3, 0.4) is 0 Å². The van der Waals surface area contributed by atoms with Gasteiger partial charge in [-0.15, -0.1) is 0 Å². The molecule has 1 atom stereocenters. The molecular formula is C17H19ClN2O. The van der Waals surface area contributed by atoms with Crippen molar-refractivity contribution in [3.63, 3.8) is 0 Å². The van der Waals surface area contributed by atoms with E-state index in [-0.39, 0.29) is 11.9 Å². The van der Waals surface area contributed by atoms with E-state index in [2.05, 4.69) is 17.6 Å². The van der Waals surface area contributed by atoms with Crippen molar-refractivity contribution in [2.24, 2.45) is 0 Å². The molecule has 0 aliphatic heterocycles. The highest BCUT2D eigenvalue weighted by molar-refractivity contribution is 6.30. The summed E-state index contributed by atoms with van der Waals surface area (Å²) < 4.78 is 0. The summed E-state index contributed by atoms with van der Waals surface area (Å²) in [5.41, 5.74) is 4.07. The van der Waals surface area contributed by atoms with Crippen molar-refractivity contribution in [2.75, 3.05) is 10.6 Å². The summed E-state index contributed by atoms with van der Waals surface area (Å²) >= 11 is 5.97. The molecule has 21 heavy (non-hydrogen) atoms. The quantitative estimate of drug-likeness (QED) is 0.853. The Labute approximate surface area is 130 Å². The Morgan fingerprint density at radius 3 is 2.62 bits per heavy atom. The fourth-order valence-corrected chi connectivity index (χ4v) is 2.42. The summed E-state index contributed by atoms with van der Waals surface area (Å²) in [5.74, 6) is -0.0682. The molecule has 110 valence electrons. The Bertz CT molecular complexity index is 655. The molecule has 0 spiro atoms. The van der Waals surface area contributed by atoms with E-state index in [1.54, 1.807) is 0 Å². The van der Waals surface area contributed by atoms with Crippen molar-refractivity contribution in [1.29, 1.82) is 0 Å².